The molecule has 3 aromatic rings. The van der Waals surface area contributed by atoms with Gasteiger partial charge >= 0.3 is 0 Å². The quantitative estimate of drug-likeness (QED) is 0.732. The summed E-state index contributed by atoms with van der Waals surface area (Å²) in [6, 6.07) is 13.6. The number of aromatic nitrogens is 3. The van der Waals surface area contributed by atoms with E-state index in [0.717, 1.165) is 22.5 Å². The lowest BCUT2D eigenvalue weighted by atomic mass is 10.2. The molecule has 0 fully saturated rings. The Morgan fingerprint density at radius 3 is 2.70 bits per heavy atom. The van der Waals surface area contributed by atoms with Crippen LogP contribution in [0.3, 0.4) is 0 Å². The summed E-state index contributed by atoms with van der Waals surface area (Å²) < 4.78 is 0. The minimum Gasteiger partial charge on any atom is -0.339 e. The smallest absolute Gasteiger partial charge is 0.249 e. The third-order valence-electron chi connectivity index (χ3n) is 3.30. The summed E-state index contributed by atoms with van der Waals surface area (Å²) in [6.45, 7) is 4.03. The van der Waals surface area contributed by atoms with Crippen LogP contribution in [0.2, 0.25) is 5.02 Å². The zero-order valence-electron chi connectivity index (χ0n) is 12.8. The van der Waals surface area contributed by atoms with E-state index in [9.17, 15) is 0 Å². The monoisotopic (exact) mass is 325 g/mol. The fraction of sp³-hybridized carbons (Fsp3) is 0.118. The standard InChI is InChI=1S/C17H16ClN5/c1-11-4-3-5-14(8-11)20-17-22-16(10-19-23-17)21-15-9-13(18)7-6-12(15)2/h3-10H,1-2H3,(H2,20,21,22,23). The molecule has 116 valence electrons. The Kier molecular flexibility index (Phi) is 4.39. The molecule has 2 N–H and O–H groups in total. The summed E-state index contributed by atoms with van der Waals surface area (Å²) in [4.78, 5) is 4.42. The van der Waals surface area contributed by atoms with E-state index in [2.05, 4.69) is 25.8 Å². The van der Waals surface area contributed by atoms with Gasteiger partial charge in [0.25, 0.3) is 0 Å². The second kappa shape index (κ2) is 6.62. The molecule has 2 aromatic carbocycles. The first-order chi connectivity index (χ1) is 11.1. The topological polar surface area (TPSA) is 62.7 Å². The predicted octanol–water partition coefficient (Wildman–Crippen LogP) is 4.63. The molecule has 0 aliphatic rings. The molecular weight excluding hydrogens is 310 g/mol. The lowest BCUT2D eigenvalue weighted by Gasteiger charge is -2.10. The molecule has 3 rings (SSSR count). The Morgan fingerprint density at radius 1 is 1.00 bits per heavy atom. The number of nitrogens with zero attached hydrogens (tertiary/aromatic N) is 3. The molecule has 0 bridgehead atoms. The molecule has 5 nitrogen and oxygen atoms in total. The molecule has 23 heavy (non-hydrogen) atoms. The molecular formula is C17H16ClN5. The van der Waals surface area contributed by atoms with Crippen LogP contribution in [0.5, 0.6) is 0 Å². The SMILES string of the molecule is Cc1cccc(Nc2nncc(Nc3cc(Cl)ccc3C)n2)c1. The molecule has 0 aliphatic heterocycles. The van der Waals surface area contributed by atoms with Crippen LogP contribution in [0.25, 0.3) is 0 Å². The maximum absolute atomic E-state index is 6.04. The normalized spacial score (nSPS) is 10.4. The minimum absolute atomic E-state index is 0.431. The summed E-state index contributed by atoms with van der Waals surface area (Å²) in [5.74, 6) is 1.03. The minimum atomic E-state index is 0.431. The maximum atomic E-state index is 6.04. The van der Waals surface area contributed by atoms with Crippen molar-refractivity contribution >= 4 is 34.7 Å². The van der Waals surface area contributed by atoms with Gasteiger partial charge in [0.1, 0.15) is 0 Å². The first-order valence-electron chi connectivity index (χ1n) is 7.17. The molecule has 0 radical (unpaired) electrons. The van der Waals surface area contributed by atoms with E-state index in [4.69, 9.17) is 11.6 Å². The lowest BCUT2D eigenvalue weighted by molar-refractivity contribution is 0.982. The first-order valence-corrected chi connectivity index (χ1v) is 7.54. The van der Waals surface area contributed by atoms with E-state index in [1.165, 1.54) is 0 Å². The van der Waals surface area contributed by atoms with Crippen LogP contribution in [0.1, 0.15) is 11.1 Å². The molecule has 6 heteroatoms. The van der Waals surface area contributed by atoms with Gasteiger partial charge in [-0.05, 0) is 49.2 Å². The van der Waals surface area contributed by atoms with Gasteiger partial charge in [-0.3, -0.25) is 0 Å². The van der Waals surface area contributed by atoms with E-state index in [-0.39, 0.29) is 0 Å². The van der Waals surface area contributed by atoms with E-state index in [1.807, 2.05) is 56.3 Å². The maximum Gasteiger partial charge on any atom is 0.249 e. The van der Waals surface area contributed by atoms with E-state index < -0.39 is 0 Å². The van der Waals surface area contributed by atoms with Crippen molar-refractivity contribution < 1.29 is 0 Å². The van der Waals surface area contributed by atoms with E-state index >= 15 is 0 Å². The van der Waals surface area contributed by atoms with Crippen LogP contribution in [0, 0.1) is 13.8 Å². The Labute approximate surface area is 139 Å². The number of hydrogen-bond acceptors (Lipinski definition) is 5. The van der Waals surface area contributed by atoms with Crippen molar-refractivity contribution in [3.05, 3.63) is 64.8 Å². The average Bonchev–Trinajstić information content (AvgIpc) is 2.51. The average molecular weight is 326 g/mol. The van der Waals surface area contributed by atoms with Crippen molar-refractivity contribution in [1.29, 1.82) is 0 Å². The Hall–Kier alpha value is -2.66. The van der Waals surface area contributed by atoms with Crippen molar-refractivity contribution in [2.24, 2.45) is 0 Å². The number of nitrogens with one attached hydrogen (secondary N) is 2. The first kappa shape index (κ1) is 15.2. The van der Waals surface area contributed by atoms with Crippen LogP contribution >= 0.6 is 11.6 Å². The van der Waals surface area contributed by atoms with Crippen molar-refractivity contribution in [3.8, 4) is 0 Å². The highest BCUT2D eigenvalue weighted by atomic mass is 35.5. The molecule has 0 aliphatic carbocycles. The number of anilines is 4. The molecule has 0 amide bonds. The van der Waals surface area contributed by atoms with Gasteiger partial charge in [-0.2, -0.15) is 10.1 Å². The van der Waals surface area contributed by atoms with Gasteiger partial charge in [0, 0.05) is 16.4 Å². The summed E-state index contributed by atoms with van der Waals surface area (Å²) >= 11 is 6.04. The van der Waals surface area contributed by atoms with Gasteiger partial charge < -0.3 is 10.6 Å². The van der Waals surface area contributed by atoms with Crippen LogP contribution in [-0.4, -0.2) is 15.2 Å². The van der Waals surface area contributed by atoms with Crippen LogP contribution in [-0.2, 0) is 0 Å². The van der Waals surface area contributed by atoms with Crippen LogP contribution in [0.15, 0.2) is 48.7 Å². The predicted molar refractivity (Wildman–Crippen MR) is 93.8 cm³/mol. The zero-order chi connectivity index (χ0) is 16.2. The largest absolute Gasteiger partial charge is 0.339 e. The van der Waals surface area contributed by atoms with Crippen LogP contribution in [0.4, 0.5) is 23.1 Å². The number of halogens is 1. The Balaban J connectivity index is 1.81. The summed E-state index contributed by atoms with van der Waals surface area (Å²) in [6.07, 6.45) is 1.57. The van der Waals surface area contributed by atoms with Gasteiger partial charge in [0.2, 0.25) is 5.95 Å². The van der Waals surface area contributed by atoms with E-state index in [0.29, 0.717) is 16.8 Å². The molecule has 0 atom stereocenters. The fourth-order valence-corrected chi connectivity index (χ4v) is 2.31. The van der Waals surface area contributed by atoms with Gasteiger partial charge in [-0.1, -0.05) is 29.8 Å². The number of aryl methyl sites for hydroxylation is 2. The molecule has 1 heterocycles. The van der Waals surface area contributed by atoms with Crippen molar-refractivity contribution in [2.75, 3.05) is 10.6 Å². The molecule has 1 aromatic heterocycles. The molecule has 0 unspecified atom stereocenters. The van der Waals surface area contributed by atoms with Crippen LogP contribution < -0.4 is 10.6 Å². The zero-order valence-corrected chi connectivity index (χ0v) is 13.6. The van der Waals surface area contributed by atoms with Crippen molar-refractivity contribution in [3.63, 3.8) is 0 Å². The fourth-order valence-electron chi connectivity index (χ4n) is 2.14. The second-order valence-electron chi connectivity index (χ2n) is 5.24. The highest BCUT2D eigenvalue weighted by Gasteiger charge is 2.04. The van der Waals surface area contributed by atoms with Gasteiger partial charge in [-0.25, -0.2) is 0 Å². The third-order valence-corrected chi connectivity index (χ3v) is 3.53. The van der Waals surface area contributed by atoms with Gasteiger partial charge in [0.15, 0.2) is 5.82 Å². The van der Waals surface area contributed by atoms with Crippen molar-refractivity contribution in [2.45, 2.75) is 13.8 Å². The molecule has 0 saturated heterocycles. The second-order valence-corrected chi connectivity index (χ2v) is 5.68. The number of benzene rings is 2. The highest BCUT2D eigenvalue weighted by molar-refractivity contribution is 6.30. The number of rotatable bonds is 4. The summed E-state index contributed by atoms with van der Waals surface area (Å²) in [5, 5.41) is 15.0. The van der Waals surface area contributed by atoms with Gasteiger partial charge in [-0.15, -0.1) is 5.10 Å². The number of hydrogen-bond donors (Lipinski definition) is 2. The van der Waals surface area contributed by atoms with Crippen molar-refractivity contribution in [1.82, 2.24) is 15.2 Å². The Morgan fingerprint density at radius 2 is 1.87 bits per heavy atom. The lowest BCUT2D eigenvalue weighted by Crippen LogP contribution is -2.03. The summed E-state index contributed by atoms with van der Waals surface area (Å²) in [7, 11) is 0. The summed E-state index contributed by atoms with van der Waals surface area (Å²) in [5.41, 5.74) is 4.04. The third kappa shape index (κ3) is 3.96. The molecule has 0 spiro atoms. The Bertz CT molecular complexity index is 835. The van der Waals surface area contributed by atoms with Gasteiger partial charge in [0.05, 0.1) is 6.20 Å². The highest BCUT2D eigenvalue weighted by Crippen LogP contribution is 2.23. The van der Waals surface area contributed by atoms with E-state index in [1.54, 1.807) is 6.20 Å². The molecule has 0 saturated carbocycles.